The fourth-order valence-electron chi connectivity index (χ4n) is 1.76. The Morgan fingerprint density at radius 1 is 1.16 bits per heavy atom. The smallest absolute Gasteiger partial charge is 0.135 e. The van der Waals surface area contributed by atoms with E-state index < -0.39 is 0 Å². The van der Waals surface area contributed by atoms with Crippen molar-refractivity contribution in [1.29, 1.82) is 0 Å². The molecule has 0 bridgehead atoms. The van der Waals surface area contributed by atoms with Crippen LogP contribution in [0.15, 0.2) is 30.3 Å². The van der Waals surface area contributed by atoms with E-state index in [0.29, 0.717) is 5.82 Å². The van der Waals surface area contributed by atoms with Gasteiger partial charge in [-0.1, -0.05) is 44.2 Å². The number of anilines is 2. The molecule has 0 radical (unpaired) electrons. The van der Waals surface area contributed by atoms with Gasteiger partial charge in [-0.05, 0) is 12.5 Å². The van der Waals surface area contributed by atoms with Crippen molar-refractivity contribution in [3.05, 3.63) is 47.3 Å². The predicted molar refractivity (Wildman–Crippen MR) is 79.0 cm³/mol. The second kappa shape index (κ2) is 5.69. The highest BCUT2D eigenvalue weighted by atomic mass is 15.1. The summed E-state index contributed by atoms with van der Waals surface area (Å²) in [6, 6.07) is 10.2. The van der Waals surface area contributed by atoms with Gasteiger partial charge in [-0.2, -0.15) is 0 Å². The monoisotopic (exact) mass is 256 g/mol. The van der Waals surface area contributed by atoms with E-state index in [1.165, 1.54) is 5.56 Å². The first-order valence-corrected chi connectivity index (χ1v) is 6.49. The van der Waals surface area contributed by atoms with Gasteiger partial charge in [-0.3, -0.25) is 0 Å². The molecule has 0 amide bonds. The van der Waals surface area contributed by atoms with Crippen LogP contribution in [0.4, 0.5) is 11.6 Å². The van der Waals surface area contributed by atoms with Gasteiger partial charge >= 0.3 is 0 Å². The first kappa shape index (κ1) is 13.3. The molecule has 0 aliphatic heterocycles. The largest absolute Gasteiger partial charge is 0.383 e. The lowest BCUT2D eigenvalue weighted by atomic mass is 10.2. The predicted octanol–water partition coefficient (Wildman–Crippen LogP) is 3.10. The van der Waals surface area contributed by atoms with E-state index in [1.807, 2.05) is 25.1 Å². The van der Waals surface area contributed by atoms with E-state index in [4.69, 9.17) is 5.73 Å². The highest BCUT2D eigenvalue weighted by Gasteiger charge is 2.10. The van der Waals surface area contributed by atoms with Gasteiger partial charge in [0.15, 0.2) is 0 Å². The number of hydrogen-bond acceptors (Lipinski definition) is 4. The van der Waals surface area contributed by atoms with Crippen LogP contribution in [-0.2, 0) is 6.54 Å². The maximum atomic E-state index is 5.94. The molecule has 0 saturated heterocycles. The van der Waals surface area contributed by atoms with Crippen LogP contribution in [0, 0.1) is 6.92 Å². The second-order valence-electron chi connectivity index (χ2n) is 4.93. The Balaban J connectivity index is 2.20. The van der Waals surface area contributed by atoms with Gasteiger partial charge < -0.3 is 11.1 Å². The van der Waals surface area contributed by atoms with Crippen LogP contribution < -0.4 is 11.1 Å². The third-order valence-electron chi connectivity index (χ3n) is 3.02. The number of rotatable bonds is 4. The Hall–Kier alpha value is -2.10. The molecular weight excluding hydrogens is 236 g/mol. The van der Waals surface area contributed by atoms with Crippen LogP contribution in [0.25, 0.3) is 0 Å². The molecule has 2 rings (SSSR count). The summed E-state index contributed by atoms with van der Waals surface area (Å²) >= 11 is 0. The van der Waals surface area contributed by atoms with E-state index in [2.05, 4.69) is 41.3 Å². The minimum atomic E-state index is 0.264. The van der Waals surface area contributed by atoms with Crippen molar-refractivity contribution in [2.45, 2.75) is 33.2 Å². The standard InChI is InChI=1S/C15H20N4/c1-10(2)14-18-13(16)11(3)15(19-14)17-9-12-7-5-4-6-8-12/h4-8,10H,9H2,1-3H3,(H3,16,17,18,19). The first-order chi connectivity index (χ1) is 9.08. The van der Waals surface area contributed by atoms with Gasteiger partial charge in [0.05, 0.1) is 0 Å². The van der Waals surface area contributed by atoms with Crippen molar-refractivity contribution in [2.24, 2.45) is 0 Å². The minimum absolute atomic E-state index is 0.264. The average Bonchev–Trinajstić information content (AvgIpc) is 2.41. The van der Waals surface area contributed by atoms with Gasteiger partial charge in [-0.15, -0.1) is 0 Å². The number of nitrogens with zero attached hydrogens (tertiary/aromatic N) is 2. The fourth-order valence-corrected chi connectivity index (χ4v) is 1.76. The van der Waals surface area contributed by atoms with Gasteiger partial charge in [0.1, 0.15) is 17.5 Å². The van der Waals surface area contributed by atoms with Gasteiger partial charge in [-0.25, -0.2) is 9.97 Å². The van der Waals surface area contributed by atoms with Gasteiger partial charge in [0.25, 0.3) is 0 Å². The Morgan fingerprint density at radius 3 is 2.47 bits per heavy atom. The maximum Gasteiger partial charge on any atom is 0.135 e. The summed E-state index contributed by atoms with van der Waals surface area (Å²) in [5.41, 5.74) is 8.05. The summed E-state index contributed by atoms with van der Waals surface area (Å²) in [4.78, 5) is 8.86. The molecule has 3 N–H and O–H groups in total. The third kappa shape index (κ3) is 3.22. The molecule has 1 aromatic carbocycles. The summed E-state index contributed by atoms with van der Waals surface area (Å²) in [6.07, 6.45) is 0. The number of aromatic nitrogens is 2. The average molecular weight is 256 g/mol. The minimum Gasteiger partial charge on any atom is -0.383 e. The summed E-state index contributed by atoms with van der Waals surface area (Å²) in [5, 5.41) is 3.33. The molecule has 4 nitrogen and oxygen atoms in total. The normalized spacial score (nSPS) is 10.7. The van der Waals surface area contributed by atoms with E-state index in [0.717, 1.165) is 23.8 Å². The molecule has 0 fully saturated rings. The molecule has 0 aliphatic carbocycles. The van der Waals surface area contributed by atoms with Crippen molar-refractivity contribution in [1.82, 2.24) is 9.97 Å². The third-order valence-corrected chi connectivity index (χ3v) is 3.02. The van der Waals surface area contributed by atoms with E-state index in [1.54, 1.807) is 0 Å². The van der Waals surface area contributed by atoms with Crippen molar-refractivity contribution in [3.63, 3.8) is 0 Å². The molecule has 4 heteroatoms. The lowest BCUT2D eigenvalue weighted by molar-refractivity contribution is 0.774. The SMILES string of the molecule is Cc1c(N)nc(C(C)C)nc1NCc1ccccc1. The van der Waals surface area contributed by atoms with Crippen LogP contribution in [-0.4, -0.2) is 9.97 Å². The summed E-state index contributed by atoms with van der Waals surface area (Å²) in [7, 11) is 0. The van der Waals surface area contributed by atoms with Crippen molar-refractivity contribution in [2.75, 3.05) is 11.1 Å². The Kier molecular flexibility index (Phi) is 4.00. The van der Waals surface area contributed by atoms with Gasteiger partial charge in [0.2, 0.25) is 0 Å². The number of nitrogens with one attached hydrogen (secondary N) is 1. The topological polar surface area (TPSA) is 63.8 Å². The lowest BCUT2D eigenvalue weighted by Gasteiger charge is -2.13. The lowest BCUT2D eigenvalue weighted by Crippen LogP contribution is -2.10. The van der Waals surface area contributed by atoms with E-state index in [-0.39, 0.29) is 5.92 Å². The van der Waals surface area contributed by atoms with Crippen LogP contribution in [0.1, 0.15) is 36.7 Å². The molecule has 1 heterocycles. The highest BCUT2D eigenvalue weighted by molar-refractivity contribution is 5.55. The highest BCUT2D eigenvalue weighted by Crippen LogP contribution is 2.21. The zero-order valence-corrected chi connectivity index (χ0v) is 11.6. The summed E-state index contributed by atoms with van der Waals surface area (Å²) < 4.78 is 0. The maximum absolute atomic E-state index is 5.94. The molecule has 0 spiro atoms. The molecular formula is C15H20N4. The number of benzene rings is 1. The second-order valence-corrected chi connectivity index (χ2v) is 4.93. The molecule has 0 atom stereocenters. The molecule has 0 unspecified atom stereocenters. The number of nitrogen functional groups attached to an aromatic ring is 1. The molecule has 1 aromatic heterocycles. The van der Waals surface area contributed by atoms with Crippen LogP contribution in [0.2, 0.25) is 0 Å². The van der Waals surface area contributed by atoms with Gasteiger partial charge in [0, 0.05) is 18.0 Å². The summed E-state index contributed by atoms with van der Waals surface area (Å²) in [6.45, 7) is 6.79. The molecule has 0 aliphatic rings. The molecule has 19 heavy (non-hydrogen) atoms. The fraction of sp³-hybridized carbons (Fsp3) is 0.333. The quantitative estimate of drug-likeness (QED) is 0.882. The Bertz CT molecular complexity index is 550. The molecule has 100 valence electrons. The number of hydrogen-bond donors (Lipinski definition) is 2. The van der Waals surface area contributed by atoms with E-state index in [9.17, 15) is 0 Å². The van der Waals surface area contributed by atoms with Crippen molar-refractivity contribution < 1.29 is 0 Å². The van der Waals surface area contributed by atoms with Crippen LogP contribution >= 0.6 is 0 Å². The van der Waals surface area contributed by atoms with E-state index >= 15 is 0 Å². The first-order valence-electron chi connectivity index (χ1n) is 6.49. The molecule has 0 saturated carbocycles. The van der Waals surface area contributed by atoms with Crippen LogP contribution in [0.5, 0.6) is 0 Å². The zero-order valence-electron chi connectivity index (χ0n) is 11.6. The van der Waals surface area contributed by atoms with Crippen molar-refractivity contribution >= 4 is 11.6 Å². The van der Waals surface area contributed by atoms with Crippen LogP contribution in [0.3, 0.4) is 0 Å². The van der Waals surface area contributed by atoms with Crippen molar-refractivity contribution in [3.8, 4) is 0 Å². The number of nitrogens with two attached hydrogens (primary N) is 1. The Morgan fingerprint density at radius 2 is 1.84 bits per heavy atom. The molecule has 2 aromatic rings. The zero-order chi connectivity index (χ0) is 13.8. The summed E-state index contributed by atoms with van der Waals surface area (Å²) in [5.74, 6) is 2.41. The Labute approximate surface area is 114 Å².